The Kier molecular flexibility index (Phi) is 7.16. The monoisotopic (exact) mass is 385 g/mol. The van der Waals surface area contributed by atoms with Crippen LogP contribution in [0.1, 0.15) is 11.3 Å². The lowest BCUT2D eigenvalue weighted by molar-refractivity contribution is -0.123. The van der Waals surface area contributed by atoms with Gasteiger partial charge in [0.05, 0.1) is 13.1 Å². The fraction of sp³-hybridized carbons (Fsp3) is 0.450. The van der Waals surface area contributed by atoms with Crippen LogP contribution >= 0.6 is 0 Å². The molecule has 0 unspecified atom stereocenters. The van der Waals surface area contributed by atoms with Gasteiger partial charge in [0, 0.05) is 38.8 Å². The van der Waals surface area contributed by atoms with Crippen LogP contribution in [0.4, 0.5) is 5.82 Å². The predicted molar refractivity (Wildman–Crippen MR) is 106 cm³/mol. The summed E-state index contributed by atoms with van der Waals surface area (Å²) in [6, 6.07) is 11.8. The molecule has 2 aromatic rings. The van der Waals surface area contributed by atoms with Gasteiger partial charge in [-0.2, -0.15) is 0 Å². The van der Waals surface area contributed by atoms with Crippen molar-refractivity contribution in [1.82, 2.24) is 20.3 Å². The van der Waals surface area contributed by atoms with Gasteiger partial charge in [-0.1, -0.05) is 35.5 Å². The Bertz CT molecular complexity index is 769. The van der Waals surface area contributed by atoms with Crippen molar-refractivity contribution in [2.45, 2.75) is 13.3 Å². The number of hydrogen-bond acceptors (Lipinski definition) is 6. The number of aromatic nitrogens is 1. The van der Waals surface area contributed by atoms with Gasteiger partial charge in [-0.15, -0.1) is 0 Å². The summed E-state index contributed by atoms with van der Waals surface area (Å²) in [5.41, 5.74) is 1.22. The molecule has 0 spiro atoms. The van der Waals surface area contributed by atoms with E-state index < -0.39 is 0 Å². The van der Waals surface area contributed by atoms with E-state index >= 15 is 0 Å². The molecule has 2 amide bonds. The maximum atomic E-state index is 12.1. The van der Waals surface area contributed by atoms with Crippen LogP contribution in [0.3, 0.4) is 0 Å². The van der Waals surface area contributed by atoms with E-state index in [0.29, 0.717) is 31.2 Å². The smallest absolute Gasteiger partial charge is 0.239 e. The lowest BCUT2D eigenvalue weighted by atomic mass is 10.1. The molecule has 1 aliphatic rings. The Morgan fingerprint density at radius 1 is 1.04 bits per heavy atom. The Morgan fingerprint density at radius 2 is 1.68 bits per heavy atom. The van der Waals surface area contributed by atoms with E-state index in [1.165, 1.54) is 5.56 Å². The van der Waals surface area contributed by atoms with E-state index in [1.807, 2.05) is 18.2 Å². The first-order valence-electron chi connectivity index (χ1n) is 9.57. The van der Waals surface area contributed by atoms with Crippen molar-refractivity contribution < 1.29 is 14.1 Å². The van der Waals surface area contributed by atoms with Crippen molar-refractivity contribution >= 4 is 17.6 Å². The zero-order chi connectivity index (χ0) is 19.8. The molecule has 1 aromatic heterocycles. The minimum absolute atomic E-state index is 0.0449. The molecule has 28 heavy (non-hydrogen) atoms. The largest absolute Gasteiger partial charge is 0.360 e. The number of aryl methyl sites for hydroxylation is 1. The molecule has 150 valence electrons. The minimum atomic E-state index is -0.111. The van der Waals surface area contributed by atoms with E-state index in [4.69, 9.17) is 4.52 Å². The first-order chi connectivity index (χ1) is 13.6. The molecule has 1 aliphatic heterocycles. The molecule has 8 nitrogen and oxygen atoms in total. The summed E-state index contributed by atoms with van der Waals surface area (Å²) in [5.74, 6) is 1.03. The number of nitrogens with one attached hydrogen (secondary N) is 2. The topological polar surface area (TPSA) is 90.7 Å². The number of nitrogens with zero attached hydrogens (tertiary/aromatic N) is 3. The third-order valence-electron chi connectivity index (χ3n) is 4.67. The molecule has 0 bridgehead atoms. The number of piperazine rings is 1. The number of amides is 2. The van der Waals surface area contributed by atoms with Crippen molar-refractivity contribution in [2.75, 3.05) is 51.1 Å². The van der Waals surface area contributed by atoms with Crippen molar-refractivity contribution in [3.8, 4) is 0 Å². The summed E-state index contributed by atoms with van der Waals surface area (Å²) in [7, 11) is 0. The average molecular weight is 385 g/mol. The zero-order valence-corrected chi connectivity index (χ0v) is 16.2. The normalized spacial score (nSPS) is 15.3. The van der Waals surface area contributed by atoms with Gasteiger partial charge >= 0.3 is 0 Å². The number of rotatable bonds is 8. The summed E-state index contributed by atoms with van der Waals surface area (Å²) in [4.78, 5) is 28.4. The second-order valence-corrected chi connectivity index (χ2v) is 7.01. The van der Waals surface area contributed by atoms with Gasteiger partial charge in [0.25, 0.3) is 0 Å². The van der Waals surface area contributed by atoms with Crippen LogP contribution in [0.5, 0.6) is 0 Å². The van der Waals surface area contributed by atoms with Gasteiger partial charge in [-0.05, 0) is 18.9 Å². The summed E-state index contributed by atoms with van der Waals surface area (Å²) in [6.07, 6.45) is 0.834. The Hall–Kier alpha value is -2.71. The first kappa shape index (κ1) is 20.0. The highest BCUT2D eigenvalue weighted by atomic mass is 16.5. The Balaban J connectivity index is 1.30. The third-order valence-corrected chi connectivity index (χ3v) is 4.67. The van der Waals surface area contributed by atoms with Crippen LogP contribution in [-0.4, -0.2) is 72.6 Å². The molecule has 3 rings (SSSR count). The third kappa shape index (κ3) is 6.47. The van der Waals surface area contributed by atoms with E-state index in [0.717, 1.165) is 32.6 Å². The molecule has 8 heteroatoms. The molecule has 1 aromatic carbocycles. The van der Waals surface area contributed by atoms with Crippen molar-refractivity contribution in [3.63, 3.8) is 0 Å². The maximum absolute atomic E-state index is 12.1. The van der Waals surface area contributed by atoms with Gasteiger partial charge in [0.15, 0.2) is 5.82 Å². The second-order valence-electron chi connectivity index (χ2n) is 7.01. The molecule has 2 N–H and O–H groups in total. The summed E-state index contributed by atoms with van der Waals surface area (Å²) in [6.45, 7) is 6.16. The number of benzene rings is 1. The van der Waals surface area contributed by atoms with Gasteiger partial charge in [-0.25, -0.2) is 0 Å². The van der Waals surface area contributed by atoms with Gasteiger partial charge in [-0.3, -0.25) is 19.4 Å². The van der Waals surface area contributed by atoms with Crippen molar-refractivity contribution in [1.29, 1.82) is 0 Å². The summed E-state index contributed by atoms with van der Waals surface area (Å²) < 4.78 is 4.94. The fourth-order valence-corrected chi connectivity index (χ4v) is 3.17. The first-order valence-corrected chi connectivity index (χ1v) is 9.57. The summed E-state index contributed by atoms with van der Waals surface area (Å²) in [5, 5.41) is 9.46. The lowest BCUT2D eigenvalue weighted by Crippen LogP contribution is -2.51. The van der Waals surface area contributed by atoms with E-state index in [9.17, 15) is 9.59 Å². The number of carbonyl (C=O) groups excluding carboxylic acids is 2. The standard InChI is InChI=1S/C20H27N5O3/c1-16-13-18(23-28-16)22-20(27)15-25-11-9-24(10-12-25)14-19(26)21-8-7-17-5-3-2-4-6-17/h2-6,13H,7-12,14-15H2,1H3,(H,21,26)(H,22,23,27). The maximum Gasteiger partial charge on any atom is 0.239 e. The van der Waals surface area contributed by atoms with Crippen LogP contribution in [0.25, 0.3) is 0 Å². The Morgan fingerprint density at radius 3 is 2.29 bits per heavy atom. The van der Waals surface area contributed by atoms with Gasteiger partial charge in [0.1, 0.15) is 5.76 Å². The molecule has 0 aliphatic carbocycles. The van der Waals surface area contributed by atoms with Crippen LogP contribution in [0, 0.1) is 6.92 Å². The van der Waals surface area contributed by atoms with Gasteiger partial charge in [0.2, 0.25) is 11.8 Å². The number of anilines is 1. The predicted octanol–water partition coefficient (Wildman–Crippen LogP) is 0.898. The zero-order valence-electron chi connectivity index (χ0n) is 16.2. The quantitative estimate of drug-likeness (QED) is 0.702. The fourth-order valence-electron chi connectivity index (χ4n) is 3.17. The van der Waals surface area contributed by atoms with Gasteiger partial charge < -0.3 is 15.2 Å². The lowest BCUT2D eigenvalue weighted by Gasteiger charge is -2.33. The van der Waals surface area contributed by atoms with Crippen LogP contribution in [0.15, 0.2) is 40.9 Å². The molecule has 0 radical (unpaired) electrons. The van der Waals surface area contributed by atoms with Crippen LogP contribution < -0.4 is 10.6 Å². The van der Waals surface area contributed by atoms with Crippen LogP contribution in [0.2, 0.25) is 0 Å². The second kappa shape index (κ2) is 10.0. The average Bonchev–Trinajstić information content (AvgIpc) is 3.09. The highest BCUT2D eigenvalue weighted by Gasteiger charge is 2.20. The van der Waals surface area contributed by atoms with Crippen molar-refractivity contribution in [3.05, 3.63) is 47.7 Å². The molecule has 0 saturated carbocycles. The SMILES string of the molecule is Cc1cc(NC(=O)CN2CCN(CC(=O)NCCc3ccccc3)CC2)no1. The van der Waals surface area contributed by atoms with Crippen molar-refractivity contribution in [2.24, 2.45) is 0 Å². The highest BCUT2D eigenvalue weighted by Crippen LogP contribution is 2.07. The Labute approximate surface area is 164 Å². The minimum Gasteiger partial charge on any atom is -0.360 e. The van der Waals surface area contributed by atoms with E-state index in [2.05, 4.69) is 37.7 Å². The van der Waals surface area contributed by atoms with Crippen LogP contribution in [-0.2, 0) is 16.0 Å². The molecule has 2 heterocycles. The molecule has 1 saturated heterocycles. The molecule has 1 fully saturated rings. The molecular weight excluding hydrogens is 358 g/mol. The number of carbonyl (C=O) groups is 2. The van der Waals surface area contributed by atoms with E-state index in [1.54, 1.807) is 13.0 Å². The molecular formula is C20H27N5O3. The summed E-state index contributed by atoms with van der Waals surface area (Å²) >= 11 is 0. The highest BCUT2D eigenvalue weighted by molar-refractivity contribution is 5.91. The van der Waals surface area contributed by atoms with E-state index in [-0.39, 0.29) is 11.8 Å². The number of hydrogen-bond donors (Lipinski definition) is 2. The molecule has 0 atom stereocenters.